The molecular formula is C18H27Cl2N. The van der Waals surface area contributed by atoms with E-state index in [2.05, 4.69) is 25.2 Å². The minimum atomic E-state index is 0.517. The first-order valence-corrected chi connectivity index (χ1v) is 9.07. The molecule has 1 atom stereocenters. The first kappa shape index (κ1) is 17.1. The third-order valence-electron chi connectivity index (χ3n) is 4.98. The van der Waals surface area contributed by atoms with Crippen molar-refractivity contribution in [3.8, 4) is 0 Å². The third-order valence-corrected chi connectivity index (χ3v) is 5.83. The van der Waals surface area contributed by atoms with Gasteiger partial charge in [-0.1, -0.05) is 68.4 Å². The van der Waals surface area contributed by atoms with E-state index in [-0.39, 0.29) is 0 Å². The van der Waals surface area contributed by atoms with Crippen molar-refractivity contribution >= 4 is 23.2 Å². The van der Waals surface area contributed by atoms with Crippen molar-refractivity contribution in [3.05, 3.63) is 33.8 Å². The highest BCUT2D eigenvalue weighted by Gasteiger charge is 2.27. The number of hydrogen-bond donors (Lipinski definition) is 1. The highest BCUT2D eigenvalue weighted by molar-refractivity contribution is 6.42. The summed E-state index contributed by atoms with van der Waals surface area (Å²) in [6.45, 7) is 5.51. The van der Waals surface area contributed by atoms with E-state index < -0.39 is 0 Å². The molecule has 1 saturated carbocycles. The van der Waals surface area contributed by atoms with Crippen LogP contribution in [-0.2, 0) is 6.42 Å². The van der Waals surface area contributed by atoms with Gasteiger partial charge in [0.2, 0.25) is 0 Å². The van der Waals surface area contributed by atoms with E-state index in [9.17, 15) is 0 Å². The standard InChI is InChI=1S/C18H27Cl2N/c1-3-13-8-10-14(11-9-13)17(21-4-2)12-15-6-5-7-16(19)18(15)20/h5-7,13-14,17,21H,3-4,8-12H2,1-2H3. The van der Waals surface area contributed by atoms with Crippen molar-refractivity contribution in [3.63, 3.8) is 0 Å². The van der Waals surface area contributed by atoms with Crippen LogP contribution in [0, 0.1) is 11.8 Å². The maximum atomic E-state index is 6.36. The van der Waals surface area contributed by atoms with Crippen LogP contribution in [0.1, 0.15) is 51.5 Å². The van der Waals surface area contributed by atoms with Gasteiger partial charge < -0.3 is 5.32 Å². The van der Waals surface area contributed by atoms with Crippen molar-refractivity contribution in [1.29, 1.82) is 0 Å². The van der Waals surface area contributed by atoms with Crippen molar-refractivity contribution < 1.29 is 0 Å². The zero-order valence-corrected chi connectivity index (χ0v) is 14.7. The number of hydrogen-bond acceptors (Lipinski definition) is 1. The molecule has 1 aliphatic rings. The molecule has 1 aromatic carbocycles. The largest absolute Gasteiger partial charge is 0.314 e. The molecule has 118 valence electrons. The molecule has 0 spiro atoms. The van der Waals surface area contributed by atoms with Gasteiger partial charge in [0, 0.05) is 6.04 Å². The summed E-state index contributed by atoms with van der Waals surface area (Å²) >= 11 is 12.5. The lowest BCUT2D eigenvalue weighted by Crippen LogP contribution is -2.39. The Labute approximate surface area is 139 Å². The number of nitrogens with one attached hydrogen (secondary N) is 1. The Morgan fingerprint density at radius 3 is 2.48 bits per heavy atom. The predicted octanol–water partition coefficient (Wildman–Crippen LogP) is 5.73. The van der Waals surface area contributed by atoms with Gasteiger partial charge in [-0.15, -0.1) is 0 Å². The van der Waals surface area contributed by atoms with Crippen LogP contribution in [-0.4, -0.2) is 12.6 Å². The molecule has 0 radical (unpaired) electrons. The Kier molecular flexibility index (Phi) is 6.85. The maximum Gasteiger partial charge on any atom is 0.0624 e. The summed E-state index contributed by atoms with van der Waals surface area (Å²) in [6, 6.07) is 6.49. The lowest BCUT2D eigenvalue weighted by atomic mass is 9.76. The molecule has 1 nitrogen and oxygen atoms in total. The molecule has 1 N–H and O–H groups in total. The summed E-state index contributed by atoms with van der Waals surface area (Å²) in [6.07, 6.45) is 7.76. The molecule has 3 heteroatoms. The zero-order chi connectivity index (χ0) is 15.2. The molecular weight excluding hydrogens is 301 g/mol. The summed E-state index contributed by atoms with van der Waals surface area (Å²) in [4.78, 5) is 0. The van der Waals surface area contributed by atoms with Gasteiger partial charge in [-0.25, -0.2) is 0 Å². The molecule has 0 bridgehead atoms. The van der Waals surface area contributed by atoms with Crippen LogP contribution >= 0.6 is 23.2 Å². The van der Waals surface area contributed by atoms with Gasteiger partial charge in [0.1, 0.15) is 0 Å². The van der Waals surface area contributed by atoms with E-state index in [4.69, 9.17) is 23.2 Å². The SMILES string of the molecule is CCNC(Cc1cccc(Cl)c1Cl)C1CCC(CC)CC1. The van der Waals surface area contributed by atoms with E-state index >= 15 is 0 Å². The fourth-order valence-electron chi connectivity index (χ4n) is 3.61. The quantitative estimate of drug-likeness (QED) is 0.703. The van der Waals surface area contributed by atoms with E-state index in [0.717, 1.165) is 29.8 Å². The van der Waals surface area contributed by atoms with Crippen LogP contribution < -0.4 is 5.32 Å². The normalized spacial score (nSPS) is 24.0. The molecule has 1 fully saturated rings. The monoisotopic (exact) mass is 327 g/mol. The van der Waals surface area contributed by atoms with Gasteiger partial charge >= 0.3 is 0 Å². The molecule has 0 aromatic heterocycles. The fourth-order valence-corrected chi connectivity index (χ4v) is 4.01. The number of benzene rings is 1. The molecule has 0 amide bonds. The summed E-state index contributed by atoms with van der Waals surface area (Å²) < 4.78 is 0. The van der Waals surface area contributed by atoms with E-state index in [0.29, 0.717) is 11.1 Å². The minimum absolute atomic E-state index is 0.517. The molecule has 1 aromatic rings. The Morgan fingerprint density at radius 1 is 1.14 bits per heavy atom. The summed E-state index contributed by atoms with van der Waals surface area (Å²) in [7, 11) is 0. The smallest absolute Gasteiger partial charge is 0.0624 e. The average Bonchev–Trinajstić information content (AvgIpc) is 2.51. The Hall–Kier alpha value is -0.240. The summed E-state index contributed by atoms with van der Waals surface area (Å²) in [5.74, 6) is 1.71. The first-order chi connectivity index (χ1) is 10.2. The van der Waals surface area contributed by atoms with Crippen LogP contribution in [0.3, 0.4) is 0 Å². The van der Waals surface area contributed by atoms with Crippen molar-refractivity contribution in [2.24, 2.45) is 11.8 Å². The molecule has 1 aliphatic carbocycles. The topological polar surface area (TPSA) is 12.0 Å². The van der Waals surface area contributed by atoms with Crippen molar-refractivity contribution in [2.45, 2.75) is 58.4 Å². The van der Waals surface area contributed by atoms with Gasteiger partial charge in [0.15, 0.2) is 0 Å². The van der Waals surface area contributed by atoms with Crippen molar-refractivity contribution in [1.82, 2.24) is 5.32 Å². The number of halogens is 2. The molecule has 1 unspecified atom stereocenters. The van der Waals surface area contributed by atoms with E-state index in [1.54, 1.807) is 0 Å². The van der Waals surface area contributed by atoms with Gasteiger partial charge in [-0.05, 0) is 49.3 Å². The summed E-state index contributed by atoms with van der Waals surface area (Å²) in [5, 5.41) is 5.07. The first-order valence-electron chi connectivity index (χ1n) is 8.31. The highest BCUT2D eigenvalue weighted by Crippen LogP contribution is 2.34. The molecule has 2 rings (SSSR count). The third kappa shape index (κ3) is 4.61. The second-order valence-electron chi connectivity index (χ2n) is 6.27. The van der Waals surface area contributed by atoms with Gasteiger partial charge in [-0.2, -0.15) is 0 Å². The molecule has 0 saturated heterocycles. The summed E-state index contributed by atoms with van der Waals surface area (Å²) in [5.41, 5.74) is 1.17. The van der Waals surface area contributed by atoms with Crippen LogP contribution in [0.4, 0.5) is 0 Å². The van der Waals surface area contributed by atoms with Gasteiger partial charge in [0.25, 0.3) is 0 Å². The van der Waals surface area contributed by atoms with Crippen molar-refractivity contribution in [2.75, 3.05) is 6.54 Å². The van der Waals surface area contributed by atoms with Crippen LogP contribution in [0.15, 0.2) is 18.2 Å². The highest BCUT2D eigenvalue weighted by atomic mass is 35.5. The zero-order valence-electron chi connectivity index (χ0n) is 13.2. The minimum Gasteiger partial charge on any atom is -0.314 e. The second-order valence-corrected chi connectivity index (χ2v) is 7.06. The fraction of sp³-hybridized carbons (Fsp3) is 0.667. The number of likely N-dealkylation sites (N-methyl/N-ethyl adjacent to an activating group) is 1. The maximum absolute atomic E-state index is 6.36. The van der Waals surface area contributed by atoms with E-state index in [1.165, 1.54) is 37.7 Å². The Balaban J connectivity index is 2.04. The number of rotatable bonds is 6. The van der Waals surface area contributed by atoms with E-state index in [1.807, 2.05) is 12.1 Å². The average molecular weight is 328 g/mol. The Morgan fingerprint density at radius 2 is 1.86 bits per heavy atom. The second kappa shape index (κ2) is 8.41. The van der Waals surface area contributed by atoms with Crippen LogP contribution in [0.5, 0.6) is 0 Å². The molecule has 0 heterocycles. The van der Waals surface area contributed by atoms with Crippen LogP contribution in [0.2, 0.25) is 10.0 Å². The lowest BCUT2D eigenvalue weighted by Gasteiger charge is -2.34. The molecule has 0 aliphatic heterocycles. The Bertz CT molecular complexity index is 439. The van der Waals surface area contributed by atoms with Crippen LogP contribution in [0.25, 0.3) is 0 Å². The predicted molar refractivity (Wildman–Crippen MR) is 93.4 cm³/mol. The van der Waals surface area contributed by atoms with Gasteiger partial charge in [-0.3, -0.25) is 0 Å². The van der Waals surface area contributed by atoms with Gasteiger partial charge in [0.05, 0.1) is 10.0 Å². The molecule has 21 heavy (non-hydrogen) atoms. The lowest BCUT2D eigenvalue weighted by molar-refractivity contribution is 0.218.